The van der Waals surface area contributed by atoms with Crippen LogP contribution < -0.4 is 0 Å². The van der Waals surface area contributed by atoms with Crippen LogP contribution in [0.2, 0.25) is 0 Å². The molecule has 150 valence electrons. The van der Waals surface area contributed by atoms with Crippen LogP contribution >= 0.6 is 0 Å². The maximum Gasteiger partial charge on any atom is 0.338 e. The van der Waals surface area contributed by atoms with E-state index in [2.05, 4.69) is 6.08 Å². The molecule has 1 saturated carbocycles. The fourth-order valence-corrected chi connectivity index (χ4v) is 3.97. The Labute approximate surface area is 166 Å². The monoisotopic (exact) mass is 384 g/mol. The number of aliphatic hydroxyl groups excluding tert-OH is 1. The SMILES string of the molecule is CC(C)=CCCC(O)/C=C/[C@@H]1[C@H]2CC(=O)O[C@H]2C[C@H]1OC(=O)c1ccccc1. The molecule has 0 amide bonds. The van der Waals surface area contributed by atoms with Crippen LogP contribution in [0.5, 0.6) is 0 Å². The molecule has 3 rings (SSSR count). The van der Waals surface area contributed by atoms with E-state index >= 15 is 0 Å². The predicted molar refractivity (Wildman–Crippen MR) is 106 cm³/mol. The standard InChI is InChI=1S/C23H28O5/c1-15(2)7-6-10-17(24)11-12-18-19-13-22(25)27-21(19)14-20(18)28-23(26)16-8-4-3-5-9-16/h3-5,7-9,11-12,17-21,24H,6,10,13-14H2,1-2H3/b12-11+/t17?,18-,19-,20-,21+/m1/s1. The number of allylic oxidation sites excluding steroid dienone is 2. The van der Waals surface area contributed by atoms with Crippen LogP contribution in [0.3, 0.4) is 0 Å². The van der Waals surface area contributed by atoms with Gasteiger partial charge in [0, 0.05) is 18.3 Å². The number of carbonyl (C=O) groups is 2. The molecule has 5 heteroatoms. The van der Waals surface area contributed by atoms with Gasteiger partial charge in [0.05, 0.1) is 18.1 Å². The summed E-state index contributed by atoms with van der Waals surface area (Å²) in [6.45, 7) is 4.06. The number of rotatable bonds is 7. The Hall–Kier alpha value is -2.40. The topological polar surface area (TPSA) is 72.8 Å². The van der Waals surface area contributed by atoms with Crippen LogP contribution in [-0.2, 0) is 14.3 Å². The quantitative estimate of drug-likeness (QED) is 0.571. The maximum absolute atomic E-state index is 12.5. The van der Waals surface area contributed by atoms with Gasteiger partial charge in [-0.05, 0) is 38.8 Å². The summed E-state index contributed by atoms with van der Waals surface area (Å²) in [5, 5.41) is 10.2. The largest absolute Gasteiger partial charge is 0.462 e. The van der Waals surface area contributed by atoms with E-state index in [0.29, 0.717) is 24.8 Å². The smallest absolute Gasteiger partial charge is 0.338 e. The van der Waals surface area contributed by atoms with Crippen molar-refractivity contribution in [1.29, 1.82) is 0 Å². The summed E-state index contributed by atoms with van der Waals surface area (Å²) in [6, 6.07) is 8.87. The maximum atomic E-state index is 12.5. The molecule has 5 nitrogen and oxygen atoms in total. The molecule has 5 atom stereocenters. The molecule has 0 bridgehead atoms. The summed E-state index contributed by atoms with van der Waals surface area (Å²) >= 11 is 0. The van der Waals surface area contributed by atoms with E-state index in [-0.39, 0.29) is 36.0 Å². The minimum absolute atomic E-state index is 0.0118. The highest BCUT2D eigenvalue weighted by atomic mass is 16.6. The van der Waals surface area contributed by atoms with Crippen molar-refractivity contribution in [2.75, 3.05) is 0 Å². The molecule has 1 saturated heterocycles. The molecule has 1 aromatic carbocycles. The molecule has 1 aliphatic heterocycles. The van der Waals surface area contributed by atoms with Gasteiger partial charge in [0.2, 0.25) is 0 Å². The Kier molecular flexibility index (Phi) is 6.68. The zero-order valence-electron chi connectivity index (χ0n) is 16.4. The number of esters is 2. The van der Waals surface area contributed by atoms with Crippen molar-refractivity contribution in [2.45, 2.75) is 57.8 Å². The first-order valence-corrected chi connectivity index (χ1v) is 9.89. The van der Waals surface area contributed by atoms with Crippen molar-refractivity contribution >= 4 is 11.9 Å². The minimum Gasteiger partial charge on any atom is -0.462 e. The van der Waals surface area contributed by atoms with Gasteiger partial charge >= 0.3 is 11.9 Å². The van der Waals surface area contributed by atoms with Crippen molar-refractivity contribution in [3.63, 3.8) is 0 Å². The van der Waals surface area contributed by atoms with Crippen molar-refractivity contribution in [2.24, 2.45) is 11.8 Å². The molecular weight excluding hydrogens is 356 g/mol. The van der Waals surface area contributed by atoms with Crippen LogP contribution in [0.4, 0.5) is 0 Å². The lowest BCUT2D eigenvalue weighted by molar-refractivity contribution is -0.141. The van der Waals surface area contributed by atoms with E-state index in [9.17, 15) is 14.7 Å². The molecular formula is C23H28O5. The van der Waals surface area contributed by atoms with Gasteiger partial charge in [-0.25, -0.2) is 4.79 Å². The predicted octanol–water partition coefficient (Wildman–Crippen LogP) is 3.83. The first-order valence-electron chi connectivity index (χ1n) is 9.89. The van der Waals surface area contributed by atoms with E-state index in [0.717, 1.165) is 6.42 Å². The summed E-state index contributed by atoms with van der Waals surface area (Å²) in [5.41, 5.74) is 1.73. The minimum atomic E-state index is -0.571. The number of hydrogen-bond donors (Lipinski definition) is 1. The molecule has 0 spiro atoms. The molecule has 1 aliphatic carbocycles. The average Bonchev–Trinajstić information content (AvgIpc) is 3.16. The molecule has 2 fully saturated rings. The Bertz CT molecular complexity index is 748. The van der Waals surface area contributed by atoms with Gasteiger partial charge < -0.3 is 14.6 Å². The van der Waals surface area contributed by atoms with Gasteiger partial charge in [-0.3, -0.25) is 4.79 Å². The number of fused-ring (bicyclic) bond motifs is 1. The number of benzene rings is 1. The Morgan fingerprint density at radius 1 is 1.32 bits per heavy atom. The molecule has 28 heavy (non-hydrogen) atoms. The Morgan fingerprint density at radius 2 is 2.07 bits per heavy atom. The summed E-state index contributed by atoms with van der Waals surface area (Å²) < 4.78 is 11.2. The third-order valence-corrected chi connectivity index (χ3v) is 5.39. The number of aliphatic hydroxyl groups is 1. The molecule has 1 unspecified atom stereocenters. The van der Waals surface area contributed by atoms with Crippen LogP contribution in [0, 0.1) is 11.8 Å². The molecule has 1 heterocycles. The average molecular weight is 384 g/mol. The Morgan fingerprint density at radius 3 is 2.79 bits per heavy atom. The molecule has 1 aromatic rings. The highest BCUT2D eigenvalue weighted by molar-refractivity contribution is 5.89. The number of ether oxygens (including phenoxy) is 2. The van der Waals surface area contributed by atoms with Crippen molar-refractivity contribution in [3.8, 4) is 0 Å². The summed E-state index contributed by atoms with van der Waals surface area (Å²) in [5.74, 6) is -0.728. The van der Waals surface area contributed by atoms with Crippen LogP contribution in [0.15, 0.2) is 54.1 Å². The number of hydrogen-bond acceptors (Lipinski definition) is 5. The lowest BCUT2D eigenvalue weighted by Crippen LogP contribution is -2.25. The van der Waals surface area contributed by atoms with Gasteiger partial charge in [-0.15, -0.1) is 0 Å². The van der Waals surface area contributed by atoms with E-state index in [4.69, 9.17) is 9.47 Å². The second-order valence-corrected chi connectivity index (χ2v) is 7.83. The lowest BCUT2D eigenvalue weighted by atomic mass is 9.91. The van der Waals surface area contributed by atoms with E-state index < -0.39 is 6.10 Å². The summed E-state index contributed by atoms with van der Waals surface area (Å²) in [7, 11) is 0. The second-order valence-electron chi connectivity index (χ2n) is 7.83. The lowest BCUT2D eigenvalue weighted by Gasteiger charge is -2.20. The second kappa shape index (κ2) is 9.20. The first kappa shape index (κ1) is 20.3. The fraction of sp³-hybridized carbons (Fsp3) is 0.478. The van der Waals surface area contributed by atoms with Crippen molar-refractivity contribution < 1.29 is 24.2 Å². The highest BCUT2D eigenvalue weighted by Crippen LogP contribution is 2.43. The zero-order chi connectivity index (χ0) is 20.1. The van der Waals surface area contributed by atoms with Crippen LogP contribution in [-0.4, -0.2) is 35.4 Å². The fourth-order valence-electron chi connectivity index (χ4n) is 3.97. The first-order chi connectivity index (χ1) is 13.4. The molecule has 0 aromatic heterocycles. The van der Waals surface area contributed by atoms with Crippen LogP contribution in [0.25, 0.3) is 0 Å². The van der Waals surface area contributed by atoms with Crippen molar-refractivity contribution in [1.82, 2.24) is 0 Å². The van der Waals surface area contributed by atoms with Gasteiger partial charge in [0.1, 0.15) is 12.2 Å². The summed E-state index contributed by atoms with van der Waals surface area (Å²) in [6.07, 6.45) is 6.86. The third-order valence-electron chi connectivity index (χ3n) is 5.39. The summed E-state index contributed by atoms with van der Waals surface area (Å²) in [4.78, 5) is 24.1. The van der Waals surface area contributed by atoms with Crippen LogP contribution in [0.1, 0.15) is 49.9 Å². The van der Waals surface area contributed by atoms with Gasteiger partial charge in [0.15, 0.2) is 0 Å². The van der Waals surface area contributed by atoms with Gasteiger partial charge in [0.25, 0.3) is 0 Å². The number of carbonyl (C=O) groups excluding carboxylic acids is 2. The third kappa shape index (κ3) is 5.10. The molecule has 1 N–H and O–H groups in total. The van der Waals surface area contributed by atoms with E-state index in [1.54, 1.807) is 30.3 Å². The molecule has 0 radical (unpaired) electrons. The van der Waals surface area contributed by atoms with E-state index in [1.165, 1.54) is 5.57 Å². The van der Waals surface area contributed by atoms with Crippen molar-refractivity contribution in [3.05, 3.63) is 59.7 Å². The Balaban J connectivity index is 1.67. The highest BCUT2D eigenvalue weighted by Gasteiger charge is 2.50. The van der Waals surface area contributed by atoms with Gasteiger partial charge in [-0.1, -0.05) is 42.0 Å². The van der Waals surface area contributed by atoms with Gasteiger partial charge in [-0.2, -0.15) is 0 Å². The van der Waals surface area contributed by atoms with E-state index in [1.807, 2.05) is 26.0 Å². The molecule has 2 aliphatic rings. The zero-order valence-corrected chi connectivity index (χ0v) is 16.4. The normalized spacial score (nSPS) is 27.3.